The SMILES string of the molecule is CCCCCC/C=C\CCCCCCCCCC(=O)OC[C@H](COP(=O)(O)OCCN)OC(=O)CCCCCCC/C=C\CCCCCC. The number of phosphoric ester groups is 1. The van der Waals surface area contributed by atoms with E-state index in [1.807, 2.05) is 0 Å². The molecule has 0 spiro atoms. The standard InChI is InChI=1S/C39H74NO8P/c1-3-5-7-9-11-13-15-17-18-20-21-23-25-27-29-31-38(41)45-35-37(36-47-49(43,44)46-34-33-40)48-39(42)32-30-28-26-24-22-19-16-14-12-10-8-6-4-2/h13-16,37H,3-12,17-36,40H2,1-2H3,(H,43,44)/b15-13-,16-14-/t37-/m1/s1. The van der Waals surface area contributed by atoms with E-state index in [1.54, 1.807) is 0 Å². The summed E-state index contributed by atoms with van der Waals surface area (Å²) < 4.78 is 32.7. The normalized spacial score (nSPS) is 13.6. The molecule has 3 N–H and O–H groups in total. The number of phosphoric acid groups is 1. The molecule has 0 aliphatic rings. The second kappa shape index (κ2) is 36.3. The van der Waals surface area contributed by atoms with Gasteiger partial charge in [-0.25, -0.2) is 4.57 Å². The molecule has 2 atom stereocenters. The number of carbonyl (C=O) groups excluding carboxylic acids is 2. The van der Waals surface area contributed by atoms with Crippen LogP contribution in [0.25, 0.3) is 0 Å². The van der Waals surface area contributed by atoms with Crippen LogP contribution in [0.3, 0.4) is 0 Å². The lowest BCUT2D eigenvalue weighted by atomic mass is 10.1. The van der Waals surface area contributed by atoms with Gasteiger partial charge in [-0.2, -0.15) is 0 Å². The predicted molar refractivity (Wildman–Crippen MR) is 201 cm³/mol. The minimum absolute atomic E-state index is 0.0523. The van der Waals surface area contributed by atoms with Gasteiger partial charge in [-0.15, -0.1) is 0 Å². The van der Waals surface area contributed by atoms with Gasteiger partial charge in [0.05, 0.1) is 13.2 Å². The van der Waals surface area contributed by atoms with Gasteiger partial charge in [0.1, 0.15) is 6.61 Å². The van der Waals surface area contributed by atoms with Crippen molar-refractivity contribution in [2.45, 2.75) is 187 Å². The molecule has 0 saturated heterocycles. The largest absolute Gasteiger partial charge is 0.472 e. The van der Waals surface area contributed by atoms with Crippen LogP contribution in [0.1, 0.15) is 181 Å². The first kappa shape index (κ1) is 47.5. The van der Waals surface area contributed by atoms with E-state index in [9.17, 15) is 19.0 Å². The van der Waals surface area contributed by atoms with Crippen molar-refractivity contribution in [2.75, 3.05) is 26.4 Å². The fraction of sp³-hybridized carbons (Fsp3) is 0.846. The Morgan fingerprint density at radius 3 is 1.45 bits per heavy atom. The van der Waals surface area contributed by atoms with Crippen molar-refractivity contribution in [3.05, 3.63) is 24.3 Å². The Hall–Kier alpha value is -1.51. The number of hydrogen-bond acceptors (Lipinski definition) is 8. The van der Waals surface area contributed by atoms with Gasteiger partial charge in [0.15, 0.2) is 6.10 Å². The summed E-state index contributed by atoms with van der Waals surface area (Å²) in [5, 5.41) is 0. The molecule has 288 valence electrons. The summed E-state index contributed by atoms with van der Waals surface area (Å²) in [4.78, 5) is 34.7. The highest BCUT2D eigenvalue weighted by Crippen LogP contribution is 2.43. The van der Waals surface area contributed by atoms with E-state index in [0.717, 1.165) is 64.2 Å². The zero-order valence-corrected chi connectivity index (χ0v) is 32.3. The monoisotopic (exact) mass is 716 g/mol. The first-order valence-electron chi connectivity index (χ1n) is 19.8. The van der Waals surface area contributed by atoms with Crippen molar-refractivity contribution < 1.29 is 37.6 Å². The lowest BCUT2D eigenvalue weighted by molar-refractivity contribution is -0.161. The molecule has 0 heterocycles. The molecule has 10 heteroatoms. The van der Waals surface area contributed by atoms with Crippen molar-refractivity contribution in [2.24, 2.45) is 5.73 Å². The third kappa shape index (κ3) is 36.1. The smallest absolute Gasteiger partial charge is 0.462 e. The number of rotatable bonds is 37. The van der Waals surface area contributed by atoms with E-state index < -0.39 is 26.5 Å². The van der Waals surface area contributed by atoms with Gasteiger partial charge in [0, 0.05) is 19.4 Å². The van der Waals surface area contributed by atoms with Crippen LogP contribution in [-0.4, -0.2) is 49.3 Å². The maximum absolute atomic E-state index is 12.5. The summed E-state index contributed by atoms with van der Waals surface area (Å²) >= 11 is 0. The highest BCUT2D eigenvalue weighted by molar-refractivity contribution is 7.47. The third-order valence-electron chi connectivity index (χ3n) is 8.31. The van der Waals surface area contributed by atoms with Crippen molar-refractivity contribution in [1.82, 2.24) is 0 Å². The van der Waals surface area contributed by atoms with E-state index in [1.165, 1.54) is 83.5 Å². The quantitative estimate of drug-likeness (QED) is 0.0279. The van der Waals surface area contributed by atoms with Crippen LogP contribution >= 0.6 is 7.82 Å². The van der Waals surface area contributed by atoms with Crippen LogP contribution < -0.4 is 5.73 Å². The fourth-order valence-electron chi connectivity index (χ4n) is 5.33. The van der Waals surface area contributed by atoms with Gasteiger partial charge in [0.2, 0.25) is 0 Å². The molecule has 0 aromatic rings. The van der Waals surface area contributed by atoms with Gasteiger partial charge in [0.25, 0.3) is 0 Å². The van der Waals surface area contributed by atoms with Crippen molar-refractivity contribution in [3.63, 3.8) is 0 Å². The Balaban J connectivity index is 4.21. The zero-order valence-electron chi connectivity index (χ0n) is 31.4. The predicted octanol–water partition coefficient (Wildman–Crippen LogP) is 10.8. The molecule has 0 radical (unpaired) electrons. The van der Waals surface area contributed by atoms with Crippen LogP contribution in [0.4, 0.5) is 0 Å². The average molecular weight is 716 g/mol. The van der Waals surface area contributed by atoms with Crippen LogP contribution in [0, 0.1) is 0 Å². The average Bonchev–Trinajstić information content (AvgIpc) is 3.08. The van der Waals surface area contributed by atoms with E-state index in [0.29, 0.717) is 6.42 Å². The number of ether oxygens (including phenoxy) is 2. The van der Waals surface area contributed by atoms with Gasteiger partial charge < -0.3 is 20.1 Å². The Morgan fingerprint density at radius 1 is 0.592 bits per heavy atom. The van der Waals surface area contributed by atoms with Gasteiger partial charge in [-0.3, -0.25) is 18.6 Å². The highest BCUT2D eigenvalue weighted by atomic mass is 31.2. The number of nitrogens with two attached hydrogens (primary N) is 1. The summed E-state index contributed by atoms with van der Waals surface area (Å²) in [6.45, 7) is 3.68. The summed E-state index contributed by atoms with van der Waals surface area (Å²) in [6, 6.07) is 0. The van der Waals surface area contributed by atoms with Crippen LogP contribution in [0.15, 0.2) is 24.3 Å². The molecule has 0 fully saturated rings. The third-order valence-corrected chi connectivity index (χ3v) is 9.29. The minimum atomic E-state index is -4.37. The maximum atomic E-state index is 12.5. The van der Waals surface area contributed by atoms with Gasteiger partial charge in [-0.1, -0.05) is 128 Å². The fourth-order valence-corrected chi connectivity index (χ4v) is 6.09. The molecule has 1 unspecified atom stereocenters. The summed E-state index contributed by atoms with van der Waals surface area (Å²) in [5.74, 6) is -0.842. The van der Waals surface area contributed by atoms with Crippen LogP contribution in [0.2, 0.25) is 0 Å². The molecule has 0 bridgehead atoms. The van der Waals surface area contributed by atoms with Crippen LogP contribution in [-0.2, 0) is 32.7 Å². The number of carbonyl (C=O) groups is 2. The second-order valence-corrected chi connectivity index (χ2v) is 14.6. The molecule has 49 heavy (non-hydrogen) atoms. The van der Waals surface area contributed by atoms with E-state index in [-0.39, 0.29) is 38.6 Å². The van der Waals surface area contributed by atoms with E-state index in [4.69, 9.17) is 24.3 Å². The number of unbranched alkanes of at least 4 members (excludes halogenated alkanes) is 20. The molecular weight excluding hydrogens is 641 g/mol. The molecule has 0 saturated carbocycles. The van der Waals surface area contributed by atoms with E-state index >= 15 is 0 Å². The molecule has 0 aliphatic carbocycles. The van der Waals surface area contributed by atoms with Crippen molar-refractivity contribution in [3.8, 4) is 0 Å². The van der Waals surface area contributed by atoms with Crippen LogP contribution in [0.5, 0.6) is 0 Å². The van der Waals surface area contributed by atoms with Gasteiger partial charge >= 0.3 is 19.8 Å². The Bertz CT molecular complexity index is 866. The summed E-state index contributed by atoms with van der Waals surface area (Å²) in [7, 11) is -4.37. The first-order chi connectivity index (χ1) is 23.8. The Kier molecular flexibility index (Phi) is 35.2. The second-order valence-electron chi connectivity index (χ2n) is 13.1. The topological polar surface area (TPSA) is 134 Å². The van der Waals surface area contributed by atoms with Crippen molar-refractivity contribution >= 4 is 19.8 Å². The van der Waals surface area contributed by atoms with E-state index in [2.05, 4.69) is 38.2 Å². The zero-order chi connectivity index (χ0) is 36.1. The lowest BCUT2D eigenvalue weighted by Gasteiger charge is -2.19. The highest BCUT2D eigenvalue weighted by Gasteiger charge is 2.25. The summed E-state index contributed by atoms with van der Waals surface area (Å²) in [6.07, 6.45) is 36.3. The minimum Gasteiger partial charge on any atom is -0.462 e. The van der Waals surface area contributed by atoms with Crippen molar-refractivity contribution in [1.29, 1.82) is 0 Å². The summed E-state index contributed by atoms with van der Waals surface area (Å²) in [5.41, 5.74) is 5.33. The molecular formula is C39H74NO8P. The first-order valence-corrected chi connectivity index (χ1v) is 21.3. The molecule has 0 aromatic heterocycles. The lowest BCUT2D eigenvalue weighted by Crippen LogP contribution is -2.29. The number of allylic oxidation sites excluding steroid dienone is 4. The molecule has 0 amide bonds. The molecule has 0 aromatic carbocycles. The van der Waals surface area contributed by atoms with Gasteiger partial charge in [-0.05, 0) is 64.2 Å². The number of esters is 2. The molecule has 0 rings (SSSR count). The Labute approximate surface area is 300 Å². The molecule has 9 nitrogen and oxygen atoms in total. The maximum Gasteiger partial charge on any atom is 0.472 e. The number of hydrogen-bond donors (Lipinski definition) is 2. The molecule has 0 aliphatic heterocycles. The Morgan fingerprint density at radius 2 is 1.00 bits per heavy atom.